The number of nitrogens with two attached hydrogens (primary N) is 1. The number of rotatable bonds is 0. The lowest BCUT2D eigenvalue weighted by Gasteiger charge is -2.31. The minimum atomic E-state index is -4.24. The molecule has 2 bridgehead atoms. The van der Waals surface area contributed by atoms with Gasteiger partial charge in [-0.05, 0) is 48.3 Å². The van der Waals surface area contributed by atoms with Crippen molar-refractivity contribution in [2.75, 3.05) is 0 Å². The molecular weight excluding hydrogens is 227 g/mol. The van der Waals surface area contributed by atoms with Crippen molar-refractivity contribution in [1.29, 1.82) is 0 Å². The van der Waals surface area contributed by atoms with Gasteiger partial charge in [0.1, 0.15) is 0 Å². The smallest absolute Gasteiger partial charge is 0.327 e. The largest absolute Gasteiger partial charge is 0.416 e. The van der Waals surface area contributed by atoms with Gasteiger partial charge in [0, 0.05) is 6.04 Å². The van der Waals surface area contributed by atoms with E-state index in [1.165, 1.54) is 12.1 Å². The van der Waals surface area contributed by atoms with Crippen LogP contribution in [0.3, 0.4) is 0 Å². The molecule has 3 rings (SSSR count). The number of hydrogen-bond acceptors (Lipinski definition) is 1. The molecule has 0 aliphatic heterocycles. The SMILES string of the molecule is N[C@H]1[C@H]2CC[C@@H]1c1cccc(C(F)(F)F)c1C2. The van der Waals surface area contributed by atoms with E-state index in [2.05, 4.69) is 0 Å². The molecule has 1 aromatic rings. The average molecular weight is 241 g/mol. The fraction of sp³-hybridized carbons (Fsp3) is 0.538. The topological polar surface area (TPSA) is 26.0 Å². The van der Waals surface area contributed by atoms with Gasteiger partial charge >= 0.3 is 6.18 Å². The van der Waals surface area contributed by atoms with Crippen molar-refractivity contribution in [3.05, 3.63) is 34.9 Å². The predicted molar refractivity (Wildman–Crippen MR) is 58.6 cm³/mol. The number of hydrogen-bond donors (Lipinski definition) is 1. The van der Waals surface area contributed by atoms with Crippen LogP contribution in [-0.2, 0) is 12.6 Å². The lowest BCUT2D eigenvalue weighted by Crippen LogP contribution is -2.36. The van der Waals surface area contributed by atoms with E-state index in [0.717, 1.165) is 18.4 Å². The van der Waals surface area contributed by atoms with Crippen LogP contribution in [0, 0.1) is 5.92 Å². The fourth-order valence-electron chi connectivity index (χ4n) is 3.42. The number of alkyl halides is 3. The lowest BCUT2D eigenvalue weighted by atomic mass is 9.77. The van der Waals surface area contributed by atoms with Crippen LogP contribution in [0.15, 0.2) is 18.2 Å². The standard InChI is InChI=1S/C13H14F3N/c14-13(15,16)11-3-1-2-8-9-5-4-7(12(9)17)6-10(8)11/h1-3,7,9,12H,4-6,17H2/t7-,9+,12-/m0/s1. The molecule has 0 heterocycles. The maximum atomic E-state index is 12.9. The summed E-state index contributed by atoms with van der Waals surface area (Å²) in [7, 11) is 0. The van der Waals surface area contributed by atoms with E-state index < -0.39 is 11.7 Å². The molecule has 0 amide bonds. The van der Waals surface area contributed by atoms with Crippen molar-refractivity contribution in [2.45, 2.75) is 37.4 Å². The van der Waals surface area contributed by atoms with Gasteiger partial charge in [-0.2, -0.15) is 13.2 Å². The molecule has 92 valence electrons. The first kappa shape index (κ1) is 11.1. The average Bonchev–Trinajstić information content (AvgIpc) is 2.51. The Morgan fingerprint density at radius 1 is 1.18 bits per heavy atom. The van der Waals surface area contributed by atoms with Gasteiger partial charge in [0.25, 0.3) is 0 Å². The van der Waals surface area contributed by atoms with Gasteiger partial charge in [0.05, 0.1) is 5.56 Å². The van der Waals surface area contributed by atoms with E-state index in [-0.39, 0.29) is 17.9 Å². The summed E-state index contributed by atoms with van der Waals surface area (Å²) in [6.45, 7) is 0. The molecule has 1 saturated carbocycles. The summed E-state index contributed by atoms with van der Waals surface area (Å²) in [5.41, 5.74) is 6.95. The molecule has 1 nitrogen and oxygen atoms in total. The zero-order valence-corrected chi connectivity index (χ0v) is 9.30. The minimum absolute atomic E-state index is 0.0472. The molecule has 4 heteroatoms. The van der Waals surface area contributed by atoms with E-state index >= 15 is 0 Å². The van der Waals surface area contributed by atoms with Crippen LogP contribution in [0.5, 0.6) is 0 Å². The molecule has 0 aromatic heterocycles. The highest BCUT2D eigenvalue weighted by Gasteiger charge is 2.43. The third kappa shape index (κ3) is 1.58. The Morgan fingerprint density at radius 3 is 2.65 bits per heavy atom. The third-order valence-corrected chi connectivity index (χ3v) is 4.24. The molecule has 1 aromatic carbocycles. The summed E-state index contributed by atoms with van der Waals surface area (Å²) < 4.78 is 38.7. The molecule has 0 saturated heterocycles. The predicted octanol–water partition coefficient (Wildman–Crippen LogP) is 3.08. The normalized spacial score (nSPS) is 31.4. The molecule has 1 fully saturated rings. The van der Waals surface area contributed by atoms with Crippen LogP contribution in [0.2, 0.25) is 0 Å². The molecule has 2 N–H and O–H groups in total. The van der Waals surface area contributed by atoms with Crippen LogP contribution in [0.1, 0.15) is 35.4 Å². The number of benzene rings is 1. The highest BCUT2D eigenvalue weighted by molar-refractivity contribution is 5.43. The van der Waals surface area contributed by atoms with Crippen LogP contribution in [0.25, 0.3) is 0 Å². The van der Waals surface area contributed by atoms with Crippen molar-refractivity contribution in [2.24, 2.45) is 11.7 Å². The van der Waals surface area contributed by atoms with Crippen molar-refractivity contribution in [3.63, 3.8) is 0 Å². The molecule has 0 unspecified atom stereocenters. The van der Waals surface area contributed by atoms with E-state index in [4.69, 9.17) is 5.73 Å². The highest BCUT2D eigenvalue weighted by Crippen LogP contribution is 2.48. The first-order valence-electron chi connectivity index (χ1n) is 5.93. The Balaban J connectivity index is 2.14. The molecular formula is C13H14F3N. The van der Waals surface area contributed by atoms with Gasteiger partial charge in [0.15, 0.2) is 0 Å². The quantitative estimate of drug-likeness (QED) is 0.742. The van der Waals surface area contributed by atoms with Gasteiger partial charge in [-0.25, -0.2) is 0 Å². The van der Waals surface area contributed by atoms with Crippen molar-refractivity contribution in [1.82, 2.24) is 0 Å². The van der Waals surface area contributed by atoms with Crippen LogP contribution in [0.4, 0.5) is 13.2 Å². The third-order valence-electron chi connectivity index (χ3n) is 4.24. The molecule has 3 atom stereocenters. The van der Waals surface area contributed by atoms with E-state index in [1.54, 1.807) is 0 Å². The molecule has 17 heavy (non-hydrogen) atoms. The molecule has 2 aliphatic rings. The second-order valence-corrected chi connectivity index (χ2v) is 5.10. The van der Waals surface area contributed by atoms with Crippen molar-refractivity contribution < 1.29 is 13.2 Å². The molecule has 0 radical (unpaired) electrons. The van der Waals surface area contributed by atoms with Gasteiger partial charge < -0.3 is 5.73 Å². The Labute approximate surface area is 97.8 Å². The summed E-state index contributed by atoms with van der Waals surface area (Å²) >= 11 is 0. The summed E-state index contributed by atoms with van der Waals surface area (Å²) in [6, 6.07) is 4.56. The summed E-state index contributed by atoms with van der Waals surface area (Å²) in [6.07, 6.45) is -1.87. The maximum Gasteiger partial charge on any atom is 0.416 e. The summed E-state index contributed by atoms with van der Waals surface area (Å²) in [5, 5.41) is 0. The second kappa shape index (κ2) is 3.48. The number of halogens is 3. The summed E-state index contributed by atoms with van der Waals surface area (Å²) in [4.78, 5) is 0. The van der Waals surface area contributed by atoms with E-state index in [1.807, 2.05) is 6.07 Å². The van der Waals surface area contributed by atoms with Gasteiger partial charge in [-0.1, -0.05) is 12.1 Å². The van der Waals surface area contributed by atoms with Gasteiger partial charge in [0.2, 0.25) is 0 Å². The Hall–Kier alpha value is -1.03. The Morgan fingerprint density at radius 2 is 1.94 bits per heavy atom. The van der Waals surface area contributed by atoms with Crippen LogP contribution in [-0.4, -0.2) is 6.04 Å². The van der Waals surface area contributed by atoms with Crippen molar-refractivity contribution in [3.8, 4) is 0 Å². The minimum Gasteiger partial charge on any atom is -0.327 e. The first-order chi connectivity index (χ1) is 7.98. The zero-order chi connectivity index (χ0) is 12.2. The first-order valence-corrected chi connectivity index (χ1v) is 5.93. The monoisotopic (exact) mass is 241 g/mol. The molecule has 2 aliphatic carbocycles. The fourth-order valence-corrected chi connectivity index (χ4v) is 3.42. The maximum absolute atomic E-state index is 12.9. The number of fused-ring (bicyclic) bond motifs is 4. The van der Waals surface area contributed by atoms with Crippen LogP contribution >= 0.6 is 0 Å². The lowest BCUT2D eigenvalue weighted by molar-refractivity contribution is -0.138. The van der Waals surface area contributed by atoms with E-state index in [0.29, 0.717) is 12.0 Å². The van der Waals surface area contributed by atoms with Crippen molar-refractivity contribution >= 4 is 0 Å². The van der Waals surface area contributed by atoms with Crippen LogP contribution < -0.4 is 5.73 Å². The Kier molecular flexibility index (Phi) is 2.27. The zero-order valence-electron chi connectivity index (χ0n) is 9.30. The second-order valence-electron chi connectivity index (χ2n) is 5.10. The summed E-state index contributed by atoms with van der Waals surface area (Å²) in [5.74, 6) is 0.363. The van der Waals surface area contributed by atoms with E-state index in [9.17, 15) is 13.2 Å². The highest BCUT2D eigenvalue weighted by atomic mass is 19.4. The van der Waals surface area contributed by atoms with Gasteiger partial charge in [-0.3, -0.25) is 0 Å². The van der Waals surface area contributed by atoms with Gasteiger partial charge in [-0.15, -0.1) is 0 Å². The Bertz CT molecular complexity index is 452. The molecule has 0 spiro atoms.